The van der Waals surface area contributed by atoms with E-state index < -0.39 is 0 Å². The number of aromatic nitrogens is 1. The predicted molar refractivity (Wildman–Crippen MR) is 77.5 cm³/mol. The molecule has 0 aliphatic carbocycles. The quantitative estimate of drug-likeness (QED) is 0.800. The Morgan fingerprint density at radius 2 is 1.95 bits per heavy atom. The molecule has 2 aromatic rings. The van der Waals surface area contributed by atoms with Crippen molar-refractivity contribution >= 4 is 0 Å². The third-order valence-electron chi connectivity index (χ3n) is 2.80. The zero-order valence-corrected chi connectivity index (χ0v) is 11.5. The number of benzene rings is 1. The van der Waals surface area contributed by atoms with Crippen LogP contribution in [0.5, 0.6) is 11.6 Å². The normalized spacial score (nSPS) is 10.4. The molecular weight excluding hydrogens is 236 g/mol. The highest BCUT2D eigenvalue weighted by molar-refractivity contribution is 5.31. The molecule has 1 aromatic heterocycles. The fourth-order valence-electron chi connectivity index (χ4n) is 1.75. The van der Waals surface area contributed by atoms with E-state index in [4.69, 9.17) is 4.74 Å². The standard InChI is InChI=1S/C16H20N2O/c1-3-9-17-12-14-8-10-18-16(11-14)19-15-6-4-13(2)5-7-15/h4-8,10-11,17H,3,9,12H2,1-2H3. The lowest BCUT2D eigenvalue weighted by Crippen LogP contribution is -2.13. The summed E-state index contributed by atoms with van der Waals surface area (Å²) in [5, 5.41) is 3.37. The molecule has 19 heavy (non-hydrogen) atoms. The summed E-state index contributed by atoms with van der Waals surface area (Å²) in [4.78, 5) is 4.24. The highest BCUT2D eigenvalue weighted by Crippen LogP contribution is 2.20. The van der Waals surface area contributed by atoms with Gasteiger partial charge in [-0.3, -0.25) is 0 Å². The summed E-state index contributed by atoms with van der Waals surface area (Å²) in [5.74, 6) is 1.46. The molecule has 0 saturated carbocycles. The number of ether oxygens (including phenoxy) is 1. The highest BCUT2D eigenvalue weighted by Gasteiger charge is 2.00. The molecular formula is C16H20N2O. The van der Waals surface area contributed by atoms with Gasteiger partial charge in [-0.1, -0.05) is 24.6 Å². The fourth-order valence-corrected chi connectivity index (χ4v) is 1.75. The molecule has 0 unspecified atom stereocenters. The van der Waals surface area contributed by atoms with Crippen LogP contribution in [0.1, 0.15) is 24.5 Å². The average Bonchev–Trinajstić information content (AvgIpc) is 2.42. The van der Waals surface area contributed by atoms with Crippen molar-refractivity contribution < 1.29 is 4.74 Å². The number of hydrogen-bond acceptors (Lipinski definition) is 3. The van der Waals surface area contributed by atoms with Gasteiger partial charge in [0.05, 0.1) is 0 Å². The van der Waals surface area contributed by atoms with Crippen molar-refractivity contribution in [2.24, 2.45) is 0 Å². The molecule has 0 atom stereocenters. The van der Waals surface area contributed by atoms with Crippen LogP contribution in [-0.2, 0) is 6.54 Å². The lowest BCUT2D eigenvalue weighted by atomic mass is 10.2. The first-order chi connectivity index (χ1) is 9.28. The fraction of sp³-hybridized carbons (Fsp3) is 0.312. The summed E-state index contributed by atoms with van der Waals surface area (Å²) in [7, 11) is 0. The lowest BCUT2D eigenvalue weighted by Gasteiger charge is -2.07. The number of nitrogens with one attached hydrogen (secondary N) is 1. The first-order valence-electron chi connectivity index (χ1n) is 6.68. The predicted octanol–water partition coefficient (Wildman–Crippen LogP) is 3.68. The van der Waals surface area contributed by atoms with E-state index in [1.165, 1.54) is 11.1 Å². The molecule has 0 aliphatic rings. The zero-order valence-electron chi connectivity index (χ0n) is 11.5. The van der Waals surface area contributed by atoms with Crippen LogP contribution < -0.4 is 10.1 Å². The van der Waals surface area contributed by atoms with E-state index >= 15 is 0 Å². The Labute approximate surface area is 114 Å². The van der Waals surface area contributed by atoms with Gasteiger partial charge in [0, 0.05) is 18.8 Å². The Morgan fingerprint density at radius 3 is 2.68 bits per heavy atom. The highest BCUT2D eigenvalue weighted by atomic mass is 16.5. The van der Waals surface area contributed by atoms with Crippen LogP contribution in [0.2, 0.25) is 0 Å². The second kappa shape index (κ2) is 6.90. The van der Waals surface area contributed by atoms with Crippen LogP contribution in [-0.4, -0.2) is 11.5 Å². The van der Waals surface area contributed by atoms with Crippen LogP contribution in [0.15, 0.2) is 42.6 Å². The van der Waals surface area contributed by atoms with Crippen molar-refractivity contribution in [3.8, 4) is 11.6 Å². The van der Waals surface area contributed by atoms with Crippen LogP contribution in [0, 0.1) is 6.92 Å². The Morgan fingerprint density at radius 1 is 1.16 bits per heavy atom. The second-order valence-electron chi connectivity index (χ2n) is 4.59. The van der Waals surface area contributed by atoms with E-state index in [0.29, 0.717) is 5.88 Å². The van der Waals surface area contributed by atoms with E-state index in [1.807, 2.05) is 36.4 Å². The van der Waals surface area contributed by atoms with Crippen LogP contribution in [0.3, 0.4) is 0 Å². The molecule has 100 valence electrons. The Kier molecular flexibility index (Phi) is 4.93. The topological polar surface area (TPSA) is 34.2 Å². The van der Waals surface area contributed by atoms with E-state index in [9.17, 15) is 0 Å². The summed E-state index contributed by atoms with van der Waals surface area (Å²) in [6.07, 6.45) is 2.92. The molecule has 0 bridgehead atoms. The average molecular weight is 256 g/mol. The van der Waals surface area contributed by atoms with Crippen molar-refractivity contribution in [1.82, 2.24) is 10.3 Å². The molecule has 2 rings (SSSR count). The van der Waals surface area contributed by atoms with Crippen molar-refractivity contribution in [2.75, 3.05) is 6.54 Å². The molecule has 3 nitrogen and oxygen atoms in total. The van der Waals surface area contributed by atoms with Gasteiger partial charge in [-0.15, -0.1) is 0 Å². The van der Waals surface area contributed by atoms with E-state index in [-0.39, 0.29) is 0 Å². The number of aryl methyl sites for hydroxylation is 1. The van der Waals surface area contributed by atoms with Crippen molar-refractivity contribution in [2.45, 2.75) is 26.8 Å². The molecule has 0 radical (unpaired) electrons. The third-order valence-corrected chi connectivity index (χ3v) is 2.80. The van der Waals surface area contributed by atoms with Gasteiger partial charge in [0.1, 0.15) is 5.75 Å². The maximum atomic E-state index is 5.74. The smallest absolute Gasteiger partial charge is 0.219 e. The zero-order chi connectivity index (χ0) is 13.5. The molecule has 1 N–H and O–H groups in total. The maximum absolute atomic E-state index is 5.74. The van der Waals surface area contributed by atoms with Crippen molar-refractivity contribution in [3.63, 3.8) is 0 Å². The SMILES string of the molecule is CCCNCc1ccnc(Oc2ccc(C)cc2)c1. The monoisotopic (exact) mass is 256 g/mol. The molecule has 3 heteroatoms. The maximum Gasteiger partial charge on any atom is 0.219 e. The Bertz CT molecular complexity index is 508. The molecule has 0 aliphatic heterocycles. The van der Waals surface area contributed by atoms with E-state index in [1.54, 1.807) is 6.20 Å². The molecule has 0 spiro atoms. The summed E-state index contributed by atoms with van der Waals surface area (Å²) in [6, 6.07) is 12.0. The van der Waals surface area contributed by atoms with Gasteiger partial charge in [-0.25, -0.2) is 4.98 Å². The number of nitrogens with zero attached hydrogens (tertiary/aromatic N) is 1. The van der Waals surface area contributed by atoms with Crippen LogP contribution >= 0.6 is 0 Å². The lowest BCUT2D eigenvalue weighted by molar-refractivity contribution is 0.461. The largest absolute Gasteiger partial charge is 0.439 e. The van der Waals surface area contributed by atoms with Crippen molar-refractivity contribution in [1.29, 1.82) is 0 Å². The summed E-state index contributed by atoms with van der Waals surface area (Å²) >= 11 is 0. The molecule has 0 amide bonds. The first-order valence-corrected chi connectivity index (χ1v) is 6.68. The van der Waals surface area contributed by atoms with Crippen LogP contribution in [0.4, 0.5) is 0 Å². The minimum absolute atomic E-state index is 0.639. The van der Waals surface area contributed by atoms with Crippen molar-refractivity contribution in [3.05, 3.63) is 53.7 Å². The molecule has 1 heterocycles. The number of rotatable bonds is 6. The molecule has 0 fully saturated rings. The minimum atomic E-state index is 0.639. The Hall–Kier alpha value is -1.87. The van der Waals surface area contributed by atoms with Gasteiger partial charge in [-0.05, 0) is 43.7 Å². The molecule has 0 saturated heterocycles. The van der Waals surface area contributed by atoms with Gasteiger partial charge in [0.2, 0.25) is 5.88 Å². The van der Waals surface area contributed by atoms with Gasteiger partial charge in [0.15, 0.2) is 0 Å². The minimum Gasteiger partial charge on any atom is -0.439 e. The first kappa shape index (κ1) is 13.6. The Balaban J connectivity index is 2.00. The van der Waals surface area contributed by atoms with Crippen LogP contribution in [0.25, 0.3) is 0 Å². The van der Waals surface area contributed by atoms with E-state index in [2.05, 4.69) is 24.1 Å². The van der Waals surface area contributed by atoms with Gasteiger partial charge in [0.25, 0.3) is 0 Å². The van der Waals surface area contributed by atoms with Gasteiger partial charge < -0.3 is 10.1 Å². The molecule has 1 aromatic carbocycles. The summed E-state index contributed by atoms with van der Waals surface area (Å²) in [5.41, 5.74) is 2.41. The van der Waals surface area contributed by atoms with E-state index in [0.717, 1.165) is 25.3 Å². The number of hydrogen-bond donors (Lipinski definition) is 1. The van der Waals surface area contributed by atoms with Gasteiger partial charge >= 0.3 is 0 Å². The summed E-state index contributed by atoms with van der Waals surface area (Å²) < 4.78 is 5.74. The number of pyridine rings is 1. The third kappa shape index (κ3) is 4.38. The van der Waals surface area contributed by atoms with Gasteiger partial charge in [-0.2, -0.15) is 0 Å². The summed E-state index contributed by atoms with van der Waals surface area (Å²) in [6.45, 7) is 6.09. The second-order valence-corrected chi connectivity index (χ2v) is 4.59.